The molecular formula is C20H16O. The molecule has 1 atom stereocenters. The first kappa shape index (κ1) is 12.2. The number of benzene rings is 3. The predicted molar refractivity (Wildman–Crippen MR) is 87.8 cm³/mol. The molecule has 1 nitrogen and oxygen atoms in total. The largest absolute Gasteiger partial charge is 0.497 e. The van der Waals surface area contributed by atoms with Crippen LogP contribution in [0.3, 0.4) is 0 Å². The van der Waals surface area contributed by atoms with Gasteiger partial charge in [-0.1, -0.05) is 60.7 Å². The lowest BCUT2D eigenvalue weighted by Crippen LogP contribution is -1.97. The maximum Gasteiger partial charge on any atom is 0.118 e. The minimum Gasteiger partial charge on any atom is -0.497 e. The van der Waals surface area contributed by atoms with Crippen LogP contribution >= 0.6 is 0 Å². The van der Waals surface area contributed by atoms with E-state index in [-0.39, 0.29) is 0 Å². The summed E-state index contributed by atoms with van der Waals surface area (Å²) in [5.41, 5.74) is 4.05. The molecule has 1 aliphatic rings. The van der Waals surface area contributed by atoms with Crippen molar-refractivity contribution in [3.63, 3.8) is 0 Å². The second kappa shape index (κ2) is 4.78. The molecule has 1 heteroatoms. The number of rotatable bonds is 2. The van der Waals surface area contributed by atoms with Gasteiger partial charge in [-0.15, -0.1) is 0 Å². The minimum absolute atomic E-state index is 0.331. The van der Waals surface area contributed by atoms with Gasteiger partial charge in [-0.3, -0.25) is 0 Å². The van der Waals surface area contributed by atoms with Crippen molar-refractivity contribution >= 4 is 16.8 Å². The Morgan fingerprint density at radius 2 is 1.67 bits per heavy atom. The van der Waals surface area contributed by atoms with E-state index in [0.29, 0.717) is 5.92 Å². The topological polar surface area (TPSA) is 9.23 Å². The van der Waals surface area contributed by atoms with Gasteiger partial charge in [0.05, 0.1) is 7.11 Å². The molecule has 0 spiro atoms. The van der Waals surface area contributed by atoms with Crippen LogP contribution in [-0.4, -0.2) is 7.11 Å². The molecule has 1 unspecified atom stereocenters. The molecule has 3 aromatic rings. The Hall–Kier alpha value is -2.54. The van der Waals surface area contributed by atoms with Crippen LogP contribution in [0.2, 0.25) is 0 Å². The van der Waals surface area contributed by atoms with E-state index in [2.05, 4.69) is 60.7 Å². The molecule has 102 valence electrons. The van der Waals surface area contributed by atoms with Gasteiger partial charge in [0.1, 0.15) is 5.75 Å². The fraction of sp³-hybridized carbons (Fsp3) is 0.100. The molecule has 4 rings (SSSR count). The zero-order valence-corrected chi connectivity index (χ0v) is 11.9. The maximum absolute atomic E-state index is 5.25. The summed E-state index contributed by atoms with van der Waals surface area (Å²) in [6.07, 6.45) is 4.52. The first-order chi connectivity index (χ1) is 10.4. The van der Waals surface area contributed by atoms with E-state index in [1.165, 1.54) is 27.5 Å². The summed E-state index contributed by atoms with van der Waals surface area (Å²) >= 11 is 0. The smallest absolute Gasteiger partial charge is 0.118 e. The van der Waals surface area contributed by atoms with Crippen molar-refractivity contribution in [2.45, 2.75) is 5.92 Å². The van der Waals surface area contributed by atoms with Crippen LogP contribution in [-0.2, 0) is 0 Å². The van der Waals surface area contributed by atoms with Gasteiger partial charge >= 0.3 is 0 Å². The molecule has 0 heterocycles. The zero-order chi connectivity index (χ0) is 14.2. The van der Waals surface area contributed by atoms with E-state index < -0.39 is 0 Å². The Balaban J connectivity index is 1.88. The van der Waals surface area contributed by atoms with Gasteiger partial charge < -0.3 is 4.74 Å². The lowest BCUT2D eigenvalue weighted by Gasteiger charge is -2.15. The highest BCUT2D eigenvalue weighted by Gasteiger charge is 2.21. The van der Waals surface area contributed by atoms with Crippen LogP contribution in [0.1, 0.15) is 22.6 Å². The van der Waals surface area contributed by atoms with Gasteiger partial charge in [0.2, 0.25) is 0 Å². The SMILES string of the molecule is COc1ccc(C2C=Cc3ccc4ccccc4c32)cc1. The fourth-order valence-corrected chi connectivity index (χ4v) is 3.19. The summed E-state index contributed by atoms with van der Waals surface area (Å²) in [5.74, 6) is 1.23. The molecule has 0 bridgehead atoms. The molecular weight excluding hydrogens is 256 g/mol. The quantitative estimate of drug-likeness (QED) is 0.637. The third kappa shape index (κ3) is 1.93. The van der Waals surface area contributed by atoms with E-state index in [1.807, 2.05) is 12.1 Å². The summed E-state index contributed by atoms with van der Waals surface area (Å²) < 4.78 is 5.25. The molecule has 0 radical (unpaired) electrons. The molecule has 0 aliphatic heterocycles. The third-order valence-electron chi connectivity index (χ3n) is 4.26. The average Bonchev–Trinajstić information content (AvgIpc) is 2.99. The van der Waals surface area contributed by atoms with Crippen molar-refractivity contribution in [1.82, 2.24) is 0 Å². The zero-order valence-electron chi connectivity index (χ0n) is 11.9. The van der Waals surface area contributed by atoms with Crippen LogP contribution in [0, 0.1) is 0 Å². The van der Waals surface area contributed by atoms with Crippen molar-refractivity contribution in [2.75, 3.05) is 7.11 Å². The van der Waals surface area contributed by atoms with Crippen LogP contribution in [0.5, 0.6) is 5.75 Å². The molecule has 21 heavy (non-hydrogen) atoms. The number of methoxy groups -OCH3 is 1. The summed E-state index contributed by atoms with van der Waals surface area (Å²) in [6, 6.07) is 21.4. The van der Waals surface area contributed by atoms with Gasteiger partial charge in [-0.25, -0.2) is 0 Å². The summed E-state index contributed by atoms with van der Waals surface area (Å²) in [6.45, 7) is 0. The Morgan fingerprint density at radius 1 is 0.857 bits per heavy atom. The van der Waals surface area contributed by atoms with Crippen molar-refractivity contribution in [3.05, 3.63) is 83.4 Å². The van der Waals surface area contributed by atoms with Crippen LogP contribution < -0.4 is 4.74 Å². The monoisotopic (exact) mass is 272 g/mol. The average molecular weight is 272 g/mol. The van der Waals surface area contributed by atoms with Crippen LogP contribution in [0.4, 0.5) is 0 Å². The van der Waals surface area contributed by atoms with Gasteiger partial charge in [-0.2, -0.15) is 0 Å². The molecule has 3 aromatic carbocycles. The lowest BCUT2D eigenvalue weighted by molar-refractivity contribution is 0.414. The van der Waals surface area contributed by atoms with E-state index in [4.69, 9.17) is 4.74 Å². The lowest BCUT2D eigenvalue weighted by atomic mass is 9.89. The Bertz CT molecular complexity index is 828. The number of hydrogen-bond acceptors (Lipinski definition) is 1. The first-order valence-corrected chi connectivity index (χ1v) is 7.20. The predicted octanol–water partition coefficient (Wildman–Crippen LogP) is 5.01. The summed E-state index contributed by atoms with van der Waals surface area (Å²) in [4.78, 5) is 0. The highest BCUT2D eigenvalue weighted by atomic mass is 16.5. The van der Waals surface area contributed by atoms with E-state index in [1.54, 1.807) is 7.11 Å². The molecule has 1 aliphatic carbocycles. The van der Waals surface area contributed by atoms with Crippen molar-refractivity contribution < 1.29 is 4.74 Å². The van der Waals surface area contributed by atoms with Gasteiger partial charge in [0.25, 0.3) is 0 Å². The second-order valence-corrected chi connectivity index (χ2v) is 5.40. The number of ether oxygens (including phenoxy) is 1. The van der Waals surface area contributed by atoms with E-state index in [0.717, 1.165) is 5.75 Å². The Kier molecular flexibility index (Phi) is 2.78. The Labute approximate surface area is 124 Å². The maximum atomic E-state index is 5.25. The Morgan fingerprint density at radius 3 is 2.48 bits per heavy atom. The van der Waals surface area contributed by atoms with Crippen molar-refractivity contribution in [1.29, 1.82) is 0 Å². The van der Waals surface area contributed by atoms with Crippen LogP contribution in [0.25, 0.3) is 16.8 Å². The molecule has 0 fully saturated rings. The summed E-state index contributed by atoms with van der Waals surface area (Å²) in [5, 5.41) is 2.65. The first-order valence-electron chi connectivity index (χ1n) is 7.20. The number of fused-ring (bicyclic) bond motifs is 3. The van der Waals surface area contributed by atoms with Gasteiger partial charge in [0.15, 0.2) is 0 Å². The molecule has 0 saturated heterocycles. The molecule has 0 aromatic heterocycles. The third-order valence-corrected chi connectivity index (χ3v) is 4.26. The molecule has 0 amide bonds. The highest BCUT2D eigenvalue weighted by Crippen LogP contribution is 2.40. The fourth-order valence-electron chi connectivity index (χ4n) is 3.19. The molecule has 0 N–H and O–H groups in total. The minimum atomic E-state index is 0.331. The number of hydrogen-bond donors (Lipinski definition) is 0. The van der Waals surface area contributed by atoms with Gasteiger partial charge in [0, 0.05) is 5.92 Å². The van der Waals surface area contributed by atoms with E-state index >= 15 is 0 Å². The van der Waals surface area contributed by atoms with Crippen molar-refractivity contribution in [2.24, 2.45) is 0 Å². The second-order valence-electron chi connectivity index (χ2n) is 5.40. The standard InChI is InChI=1S/C20H16O/c1-21-17-11-8-15(9-12-17)19-13-10-16-7-6-14-4-2-3-5-18(14)20(16)19/h2-13,19H,1H3. The summed E-state index contributed by atoms with van der Waals surface area (Å²) in [7, 11) is 1.70. The molecule has 0 saturated carbocycles. The normalized spacial score (nSPS) is 16.1. The number of allylic oxidation sites excluding steroid dienone is 1. The van der Waals surface area contributed by atoms with Crippen molar-refractivity contribution in [3.8, 4) is 5.75 Å². The van der Waals surface area contributed by atoms with E-state index in [9.17, 15) is 0 Å². The van der Waals surface area contributed by atoms with Gasteiger partial charge in [-0.05, 0) is 39.6 Å². The van der Waals surface area contributed by atoms with Crippen LogP contribution in [0.15, 0.2) is 66.7 Å². The highest BCUT2D eigenvalue weighted by molar-refractivity contribution is 5.91.